The molecule has 1 saturated heterocycles. The summed E-state index contributed by atoms with van der Waals surface area (Å²) >= 11 is 1.50. The van der Waals surface area contributed by atoms with E-state index in [0.717, 1.165) is 54.5 Å². The van der Waals surface area contributed by atoms with Crippen molar-refractivity contribution < 1.29 is 4.79 Å². The highest BCUT2D eigenvalue weighted by Crippen LogP contribution is 2.27. The van der Waals surface area contributed by atoms with Gasteiger partial charge in [-0.25, -0.2) is 9.50 Å². The number of anilines is 1. The minimum atomic E-state index is 0.139. The van der Waals surface area contributed by atoms with Crippen LogP contribution in [0.1, 0.15) is 39.8 Å². The molecule has 6 nitrogen and oxygen atoms in total. The SMILES string of the molecule is O=C(c1cccs1)N1CCC(c2nc3ccc(NCc4ccccc4)cn3n2)CC1. The summed E-state index contributed by atoms with van der Waals surface area (Å²) < 4.78 is 1.85. The van der Waals surface area contributed by atoms with E-state index in [1.165, 1.54) is 16.9 Å². The third-order valence-corrected chi connectivity index (χ3v) is 6.42. The molecule has 7 heteroatoms. The molecule has 1 amide bonds. The molecule has 4 heterocycles. The van der Waals surface area contributed by atoms with E-state index in [1.54, 1.807) is 0 Å². The van der Waals surface area contributed by atoms with E-state index in [0.29, 0.717) is 0 Å². The Balaban J connectivity index is 1.24. The normalized spacial score (nSPS) is 14.9. The molecular weight excluding hydrogens is 394 g/mol. The Morgan fingerprint density at radius 2 is 1.90 bits per heavy atom. The number of hydrogen-bond acceptors (Lipinski definition) is 5. The van der Waals surface area contributed by atoms with Gasteiger partial charge in [0, 0.05) is 25.6 Å². The van der Waals surface area contributed by atoms with Crippen LogP contribution >= 0.6 is 11.3 Å². The van der Waals surface area contributed by atoms with Crippen LogP contribution in [-0.2, 0) is 6.54 Å². The molecule has 1 aliphatic heterocycles. The molecule has 4 aromatic rings. The number of benzene rings is 1. The van der Waals surface area contributed by atoms with E-state index in [-0.39, 0.29) is 11.8 Å². The van der Waals surface area contributed by atoms with Crippen LogP contribution in [0.5, 0.6) is 0 Å². The number of piperidine rings is 1. The fourth-order valence-electron chi connectivity index (χ4n) is 3.87. The topological polar surface area (TPSA) is 62.5 Å². The van der Waals surface area contributed by atoms with Crippen molar-refractivity contribution in [2.75, 3.05) is 18.4 Å². The molecule has 3 aromatic heterocycles. The van der Waals surface area contributed by atoms with Gasteiger partial charge in [-0.2, -0.15) is 5.10 Å². The lowest BCUT2D eigenvalue weighted by molar-refractivity contribution is 0.0716. The van der Waals surface area contributed by atoms with Gasteiger partial charge in [-0.1, -0.05) is 36.4 Å². The summed E-state index contributed by atoms with van der Waals surface area (Å²) in [5.74, 6) is 1.30. The number of hydrogen-bond donors (Lipinski definition) is 1. The van der Waals surface area contributed by atoms with Crippen LogP contribution in [0.3, 0.4) is 0 Å². The Morgan fingerprint density at radius 3 is 2.67 bits per heavy atom. The molecule has 0 saturated carbocycles. The summed E-state index contributed by atoms with van der Waals surface area (Å²) in [6, 6.07) is 18.2. The maximum absolute atomic E-state index is 12.5. The van der Waals surface area contributed by atoms with Crippen LogP contribution in [-0.4, -0.2) is 38.5 Å². The molecule has 1 aromatic carbocycles. The second-order valence-electron chi connectivity index (χ2n) is 7.57. The summed E-state index contributed by atoms with van der Waals surface area (Å²) in [5, 5.41) is 10.1. The van der Waals surface area contributed by atoms with Crippen molar-refractivity contribution in [2.24, 2.45) is 0 Å². The molecule has 0 unspecified atom stereocenters. The summed E-state index contributed by atoms with van der Waals surface area (Å²) in [7, 11) is 0. The van der Waals surface area contributed by atoms with Crippen LogP contribution in [0.15, 0.2) is 66.2 Å². The average Bonchev–Trinajstić information content (AvgIpc) is 3.48. The number of aromatic nitrogens is 3. The molecule has 0 aliphatic carbocycles. The van der Waals surface area contributed by atoms with E-state index < -0.39 is 0 Å². The standard InChI is InChI=1S/C23H23N5OS/c29-23(20-7-4-14-30-20)27-12-10-18(11-13-27)22-25-21-9-8-19(16-28(21)26-22)24-15-17-5-2-1-3-6-17/h1-9,14,16,18,24H,10-13,15H2. The van der Waals surface area contributed by atoms with Crippen molar-refractivity contribution in [3.8, 4) is 0 Å². The first-order valence-electron chi connectivity index (χ1n) is 10.2. The third-order valence-electron chi connectivity index (χ3n) is 5.57. The maximum Gasteiger partial charge on any atom is 0.263 e. The van der Waals surface area contributed by atoms with Crippen molar-refractivity contribution >= 4 is 28.6 Å². The van der Waals surface area contributed by atoms with Crippen LogP contribution in [0.4, 0.5) is 5.69 Å². The number of carbonyl (C=O) groups is 1. The van der Waals surface area contributed by atoms with Crippen molar-refractivity contribution in [2.45, 2.75) is 25.3 Å². The number of rotatable bonds is 5. The van der Waals surface area contributed by atoms with Crippen molar-refractivity contribution in [1.29, 1.82) is 0 Å². The number of pyridine rings is 1. The van der Waals surface area contributed by atoms with Gasteiger partial charge in [0.15, 0.2) is 11.5 Å². The molecule has 5 rings (SSSR count). The van der Waals surface area contributed by atoms with E-state index in [4.69, 9.17) is 10.1 Å². The number of fused-ring (bicyclic) bond motifs is 1. The Kier molecular flexibility index (Phi) is 5.19. The monoisotopic (exact) mass is 417 g/mol. The molecule has 0 atom stereocenters. The van der Waals surface area contributed by atoms with Crippen molar-refractivity contribution in [3.63, 3.8) is 0 Å². The first kappa shape index (κ1) is 18.8. The highest BCUT2D eigenvalue weighted by Gasteiger charge is 2.27. The molecule has 0 spiro atoms. The van der Waals surface area contributed by atoms with Crippen LogP contribution in [0, 0.1) is 0 Å². The number of likely N-dealkylation sites (tertiary alicyclic amines) is 1. The quantitative estimate of drug-likeness (QED) is 0.522. The van der Waals surface area contributed by atoms with Crippen molar-refractivity contribution in [1.82, 2.24) is 19.5 Å². The zero-order valence-electron chi connectivity index (χ0n) is 16.6. The average molecular weight is 418 g/mol. The zero-order chi connectivity index (χ0) is 20.3. The molecule has 1 aliphatic rings. The highest BCUT2D eigenvalue weighted by atomic mass is 32.1. The number of nitrogens with one attached hydrogen (secondary N) is 1. The smallest absolute Gasteiger partial charge is 0.263 e. The lowest BCUT2D eigenvalue weighted by Gasteiger charge is -2.30. The van der Waals surface area contributed by atoms with E-state index >= 15 is 0 Å². The molecule has 0 bridgehead atoms. The van der Waals surface area contributed by atoms with Gasteiger partial charge in [-0.15, -0.1) is 11.3 Å². The Bertz CT molecular complexity index is 1130. The Morgan fingerprint density at radius 1 is 1.07 bits per heavy atom. The lowest BCUT2D eigenvalue weighted by atomic mass is 9.96. The van der Waals surface area contributed by atoms with Gasteiger partial charge in [0.2, 0.25) is 0 Å². The minimum Gasteiger partial charge on any atom is -0.380 e. The van der Waals surface area contributed by atoms with Crippen LogP contribution < -0.4 is 5.32 Å². The summed E-state index contributed by atoms with van der Waals surface area (Å²) in [6.45, 7) is 2.27. The molecular formula is C23H23N5OS. The van der Waals surface area contributed by atoms with Crippen LogP contribution in [0.2, 0.25) is 0 Å². The summed E-state index contributed by atoms with van der Waals surface area (Å²) in [5.41, 5.74) is 3.10. The largest absolute Gasteiger partial charge is 0.380 e. The number of amides is 1. The van der Waals surface area contributed by atoms with Gasteiger partial charge in [0.25, 0.3) is 5.91 Å². The van der Waals surface area contributed by atoms with Gasteiger partial charge in [-0.3, -0.25) is 4.79 Å². The number of thiophene rings is 1. The Hall–Kier alpha value is -3.19. The van der Waals surface area contributed by atoms with Gasteiger partial charge in [0.05, 0.1) is 16.8 Å². The zero-order valence-corrected chi connectivity index (χ0v) is 17.4. The first-order chi connectivity index (χ1) is 14.8. The van der Waals surface area contributed by atoms with Gasteiger partial charge in [0.1, 0.15) is 0 Å². The fourth-order valence-corrected chi connectivity index (χ4v) is 4.57. The predicted molar refractivity (Wildman–Crippen MR) is 119 cm³/mol. The van der Waals surface area contributed by atoms with E-state index in [2.05, 4.69) is 17.4 Å². The second-order valence-corrected chi connectivity index (χ2v) is 8.52. The number of carbonyl (C=O) groups excluding carboxylic acids is 1. The van der Waals surface area contributed by atoms with Gasteiger partial charge >= 0.3 is 0 Å². The van der Waals surface area contributed by atoms with Crippen LogP contribution in [0.25, 0.3) is 5.65 Å². The minimum absolute atomic E-state index is 0.139. The number of nitrogens with zero attached hydrogens (tertiary/aromatic N) is 4. The molecule has 1 fully saturated rings. The van der Waals surface area contributed by atoms with Gasteiger partial charge < -0.3 is 10.2 Å². The van der Waals surface area contributed by atoms with Gasteiger partial charge in [-0.05, 0) is 42.0 Å². The fraction of sp³-hybridized carbons (Fsp3) is 0.261. The summed E-state index contributed by atoms with van der Waals surface area (Å²) in [6.07, 6.45) is 3.78. The molecule has 30 heavy (non-hydrogen) atoms. The predicted octanol–water partition coefficient (Wildman–Crippen LogP) is 4.42. The molecule has 1 N–H and O–H groups in total. The maximum atomic E-state index is 12.5. The van der Waals surface area contributed by atoms with E-state index in [1.807, 2.05) is 63.5 Å². The van der Waals surface area contributed by atoms with E-state index in [9.17, 15) is 4.79 Å². The second kappa shape index (κ2) is 8.28. The highest BCUT2D eigenvalue weighted by molar-refractivity contribution is 7.12. The summed E-state index contributed by atoms with van der Waals surface area (Å²) in [4.78, 5) is 20.0. The Labute approximate surface area is 179 Å². The molecule has 152 valence electrons. The third kappa shape index (κ3) is 3.93. The molecule has 0 radical (unpaired) electrons. The lowest BCUT2D eigenvalue weighted by Crippen LogP contribution is -2.37. The van der Waals surface area contributed by atoms with Crippen molar-refractivity contribution in [3.05, 3.63) is 82.4 Å². The first-order valence-corrected chi connectivity index (χ1v) is 11.1.